The summed E-state index contributed by atoms with van der Waals surface area (Å²) in [6.07, 6.45) is 5.42. The van der Waals surface area contributed by atoms with Crippen LogP contribution in [0.2, 0.25) is 0 Å². The van der Waals surface area contributed by atoms with Crippen molar-refractivity contribution in [1.29, 1.82) is 0 Å². The normalized spacial score (nSPS) is 23.3. The maximum atomic E-state index is 10.4. The summed E-state index contributed by atoms with van der Waals surface area (Å²) in [6, 6.07) is 0. The molecule has 0 aromatic heterocycles. The number of carbonyl (C=O) groups is 1. The van der Waals surface area contributed by atoms with Gasteiger partial charge in [-0.15, -0.1) is 6.58 Å². The Hall–Kier alpha value is -0.830. The molecule has 0 radical (unpaired) electrons. The van der Waals surface area contributed by atoms with E-state index in [9.17, 15) is 4.79 Å². The van der Waals surface area contributed by atoms with E-state index in [1.165, 1.54) is 12.8 Å². The van der Waals surface area contributed by atoms with E-state index < -0.39 is 5.97 Å². The Balaban J connectivity index is 2.25. The minimum Gasteiger partial charge on any atom is -0.481 e. The number of hydrogen-bond donors (Lipinski definition) is 1. The minimum atomic E-state index is -0.675. The second-order valence-corrected chi connectivity index (χ2v) is 3.99. The van der Waals surface area contributed by atoms with Gasteiger partial charge in [0.2, 0.25) is 0 Å². The van der Waals surface area contributed by atoms with Crippen molar-refractivity contribution in [1.82, 2.24) is 4.90 Å². The van der Waals surface area contributed by atoms with Gasteiger partial charge in [0, 0.05) is 19.5 Å². The van der Waals surface area contributed by atoms with Crippen LogP contribution in [0, 0.1) is 5.92 Å². The second-order valence-electron chi connectivity index (χ2n) is 3.99. The maximum Gasteiger partial charge on any atom is 0.303 e. The summed E-state index contributed by atoms with van der Waals surface area (Å²) in [6.45, 7) is 6.83. The van der Waals surface area contributed by atoms with Crippen molar-refractivity contribution >= 4 is 5.97 Å². The third-order valence-corrected chi connectivity index (χ3v) is 2.76. The summed E-state index contributed by atoms with van der Waals surface area (Å²) in [5.41, 5.74) is 0. The molecule has 3 heteroatoms. The SMILES string of the molecule is C=CCN1CCCC(CCC(=O)O)C1. The number of nitrogens with zero attached hydrogens (tertiary/aromatic N) is 1. The minimum absolute atomic E-state index is 0.312. The third-order valence-electron chi connectivity index (χ3n) is 2.76. The molecule has 1 N–H and O–H groups in total. The zero-order valence-corrected chi connectivity index (χ0v) is 8.61. The lowest BCUT2D eigenvalue weighted by atomic mass is 9.93. The molecule has 0 amide bonds. The lowest BCUT2D eigenvalue weighted by Crippen LogP contribution is -2.35. The number of likely N-dealkylation sites (tertiary alicyclic amines) is 1. The highest BCUT2D eigenvalue weighted by molar-refractivity contribution is 5.66. The molecule has 3 nitrogen and oxygen atoms in total. The molecule has 1 fully saturated rings. The van der Waals surface area contributed by atoms with Crippen LogP contribution in [0.15, 0.2) is 12.7 Å². The van der Waals surface area contributed by atoms with Crippen LogP contribution in [-0.4, -0.2) is 35.6 Å². The Bertz CT molecular complexity index is 203. The monoisotopic (exact) mass is 197 g/mol. The van der Waals surface area contributed by atoms with Gasteiger partial charge in [0.25, 0.3) is 0 Å². The number of rotatable bonds is 5. The van der Waals surface area contributed by atoms with Crippen molar-refractivity contribution in [3.8, 4) is 0 Å². The predicted octanol–water partition coefficient (Wildman–Crippen LogP) is 1.75. The summed E-state index contributed by atoms with van der Waals surface area (Å²) in [4.78, 5) is 12.8. The highest BCUT2D eigenvalue weighted by atomic mass is 16.4. The fourth-order valence-electron chi connectivity index (χ4n) is 2.06. The molecule has 1 heterocycles. The van der Waals surface area contributed by atoms with Gasteiger partial charge in [-0.05, 0) is 31.7 Å². The average Bonchev–Trinajstić information content (AvgIpc) is 2.16. The summed E-state index contributed by atoms with van der Waals surface area (Å²) in [5, 5.41) is 8.58. The van der Waals surface area contributed by atoms with E-state index in [1.54, 1.807) is 0 Å². The zero-order valence-electron chi connectivity index (χ0n) is 8.61. The molecular weight excluding hydrogens is 178 g/mol. The van der Waals surface area contributed by atoms with Gasteiger partial charge in [-0.1, -0.05) is 6.08 Å². The summed E-state index contributed by atoms with van der Waals surface area (Å²) in [7, 11) is 0. The lowest BCUT2D eigenvalue weighted by molar-refractivity contribution is -0.137. The van der Waals surface area contributed by atoms with Gasteiger partial charge in [0.05, 0.1) is 0 Å². The van der Waals surface area contributed by atoms with Crippen LogP contribution in [0.4, 0.5) is 0 Å². The maximum absolute atomic E-state index is 10.4. The summed E-state index contributed by atoms with van der Waals surface area (Å²) in [5.74, 6) is -0.106. The Kier molecular flexibility index (Phi) is 4.66. The Labute approximate surface area is 85.4 Å². The number of carboxylic acid groups (broad SMARTS) is 1. The van der Waals surface area contributed by atoms with E-state index in [4.69, 9.17) is 5.11 Å². The second kappa shape index (κ2) is 5.81. The average molecular weight is 197 g/mol. The first-order chi connectivity index (χ1) is 6.72. The van der Waals surface area contributed by atoms with E-state index >= 15 is 0 Å². The van der Waals surface area contributed by atoms with E-state index in [2.05, 4.69) is 11.5 Å². The highest BCUT2D eigenvalue weighted by Gasteiger charge is 2.19. The summed E-state index contributed by atoms with van der Waals surface area (Å²) >= 11 is 0. The lowest BCUT2D eigenvalue weighted by Gasteiger charge is -2.31. The Morgan fingerprint density at radius 3 is 3.07 bits per heavy atom. The van der Waals surface area contributed by atoms with Gasteiger partial charge in [-0.2, -0.15) is 0 Å². The molecule has 1 aliphatic rings. The highest BCUT2D eigenvalue weighted by Crippen LogP contribution is 2.20. The molecule has 1 rings (SSSR count). The number of carboxylic acids is 1. The Morgan fingerprint density at radius 2 is 2.43 bits per heavy atom. The van der Waals surface area contributed by atoms with Crippen molar-refractivity contribution in [2.45, 2.75) is 25.7 Å². The zero-order chi connectivity index (χ0) is 10.4. The molecule has 1 unspecified atom stereocenters. The van der Waals surface area contributed by atoms with Crippen molar-refractivity contribution in [2.24, 2.45) is 5.92 Å². The molecule has 0 aromatic carbocycles. The van der Waals surface area contributed by atoms with Crippen LogP contribution in [0.1, 0.15) is 25.7 Å². The fourth-order valence-corrected chi connectivity index (χ4v) is 2.06. The molecular formula is C11H19NO2. The molecule has 0 aliphatic carbocycles. The van der Waals surface area contributed by atoms with E-state index in [1.807, 2.05) is 6.08 Å². The van der Waals surface area contributed by atoms with E-state index in [0.29, 0.717) is 12.3 Å². The van der Waals surface area contributed by atoms with Crippen molar-refractivity contribution in [2.75, 3.05) is 19.6 Å². The molecule has 1 saturated heterocycles. The molecule has 80 valence electrons. The predicted molar refractivity (Wildman–Crippen MR) is 56.2 cm³/mol. The smallest absolute Gasteiger partial charge is 0.303 e. The van der Waals surface area contributed by atoms with Gasteiger partial charge < -0.3 is 5.11 Å². The summed E-state index contributed by atoms with van der Waals surface area (Å²) < 4.78 is 0. The Morgan fingerprint density at radius 1 is 1.64 bits per heavy atom. The van der Waals surface area contributed by atoms with Crippen LogP contribution in [0.5, 0.6) is 0 Å². The van der Waals surface area contributed by atoms with Gasteiger partial charge in [-0.25, -0.2) is 0 Å². The van der Waals surface area contributed by atoms with Gasteiger partial charge in [0.1, 0.15) is 0 Å². The number of piperidine rings is 1. The number of hydrogen-bond acceptors (Lipinski definition) is 2. The van der Waals surface area contributed by atoms with Gasteiger partial charge >= 0.3 is 5.97 Å². The van der Waals surface area contributed by atoms with Crippen molar-refractivity contribution in [3.63, 3.8) is 0 Å². The van der Waals surface area contributed by atoms with Crippen molar-refractivity contribution in [3.05, 3.63) is 12.7 Å². The molecule has 14 heavy (non-hydrogen) atoms. The van der Waals surface area contributed by atoms with E-state index in [0.717, 1.165) is 26.1 Å². The largest absolute Gasteiger partial charge is 0.481 e. The fraction of sp³-hybridized carbons (Fsp3) is 0.727. The van der Waals surface area contributed by atoms with Crippen LogP contribution >= 0.6 is 0 Å². The van der Waals surface area contributed by atoms with Crippen LogP contribution in [-0.2, 0) is 4.79 Å². The molecule has 0 aromatic rings. The van der Waals surface area contributed by atoms with Gasteiger partial charge in [0.15, 0.2) is 0 Å². The van der Waals surface area contributed by atoms with Crippen LogP contribution in [0.25, 0.3) is 0 Å². The first-order valence-corrected chi connectivity index (χ1v) is 5.27. The molecule has 0 spiro atoms. The van der Waals surface area contributed by atoms with Crippen LogP contribution in [0.3, 0.4) is 0 Å². The van der Waals surface area contributed by atoms with Crippen LogP contribution < -0.4 is 0 Å². The van der Waals surface area contributed by atoms with Gasteiger partial charge in [-0.3, -0.25) is 9.69 Å². The first-order valence-electron chi connectivity index (χ1n) is 5.27. The molecule has 1 atom stereocenters. The number of aliphatic carboxylic acids is 1. The topological polar surface area (TPSA) is 40.5 Å². The van der Waals surface area contributed by atoms with Crippen molar-refractivity contribution < 1.29 is 9.90 Å². The third kappa shape index (κ3) is 3.92. The van der Waals surface area contributed by atoms with E-state index in [-0.39, 0.29) is 0 Å². The molecule has 0 bridgehead atoms. The quantitative estimate of drug-likeness (QED) is 0.683. The molecule has 0 saturated carbocycles. The standard InChI is InChI=1S/C11H19NO2/c1-2-7-12-8-3-4-10(9-12)5-6-11(13)14/h2,10H,1,3-9H2,(H,13,14). The molecule has 1 aliphatic heterocycles. The first kappa shape index (κ1) is 11.2.